The zero-order valence-electron chi connectivity index (χ0n) is 10.1. The van der Waals surface area contributed by atoms with Crippen LogP contribution < -0.4 is 0 Å². The number of halogens is 1. The van der Waals surface area contributed by atoms with Gasteiger partial charge in [0.15, 0.2) is 0 Å². The molecule has 0 saturated heterocycles. The molecule has 0 atom stereocenters. The molecule has 1 aliphatic rings. The van der Waals surface area contributed by atoms with E-state index >= 15 is 0 Å². The molecule has 0 radical (unpaired) electrons. The van der Waals surface area contributed by atoms with E-state index in [4.69, 9.17) is 11.6 Å². The van der Waals surface area contributed by atoms with Crippen molar-refractivity contribution in [3.05, 3.63) is 51.3 Å². The highest BCUT2D eigenvalue weighted by Gasteiger charge is 2.26. The lowest BCUT2D eigenvalue weighted by Crippen LogP contribution is -1.96. The van der Waals surface area contributed by atoms with E-state index in [0.717, 1.165) is 39.6 Å². The maximum absolute atomic E-state index is 9.51. The molecule has 4 heteroatoms. The fraction of sp³-hybridized carbons (Fsp3) is 0.286. The van der Waals surface area contributed by atoms with Crippen LogP contribution in [0.15, 0.2) is 18.2 Å². The molecule has 1 aliphatic heterocycles. The Labute approximate surface area is 110 Å². The van der Waals surface area contributed by atoms with Crippen LogP contribution >= 0.6 is 11.6 Å². The summed E-state index contributed by atoms with van der Waals surface area (Å²) in [7, 11) is 0. The minimum atomic E-state index is -0.0409. The molecule has 2 N–H and O–H groups in total. The van der Waals surface area contributed by atoms with Crippen molar-refractivity contribution in [3.63, 3.8) is 0 Å². The Morgan fingerprint density at radius 2 is 1.94 bits per heavy atom. The first kappa shape index (κ1) is 11.8. The molecule has 18 heavy (non-hydrogen) atoms. The number of nitrogens with zero attached hydrogens (tertiary/aromatic N) is 1. The van der Waals surface area contributed by atoms with Crippen molar-refractivity contribution in [2.75, 3.05) is 0 Å². The van der Waals surface area contributed by atoms with E-state index in [-0.39, 0.29) is 13.2 Å². The molecule has 0 amide bonds. The molecular formula is C14H14ClNO2. The Kier molecular flexibility index (Phi) is 2.70. The van der Waals surface area contributed by atoms with E-state index in [2.05, 4.69) is 4.57 Å². The van der Waals surface area contributed by atoms with Gasteiger partial charge in [-0.25, -0.2) is 0 Å². The van der Waals surface area contributed by atoms with Crippen LogP contribution in [0.3, 0.4) is 0 Å². The van der Waals surface area contributed by atoms with Gasteiger partial charge >= 0.3 is 0 Å². The highest BCUT2D eigenvalue weighted by atomic mass is 35.5. The number of hydrogen-bond donors (Lipinski definition) is 2. The third-order valence-electron chi connectivity index (χ3n) is 3.71. The molecule has 0 unspecified atom stereocenters. The summed E-state index contributed by atoms with van der Waals surface area (Å²) in [5.74, 6) is 0. The molecular weight excluding hydrogens is 250 g/mol. The first-order valence-corrected chi connectivity index (χ1v) is 6.27. The van der Waals surface area contributed by atoms with Gasteiger partial charge in [0.1, 0.15) is 0 Å². The van der Waals surface area contributed by atoms with Crippen LogP contribution in [0.4, 0.5) is 0 Å². The van der Waals surface area contributed by atoms with E-state index in [1.807, 2.05) is 25.1 Å². The van der Waals surface area contributed by atoms with Crippen molar-refractivity contribution in [1.82, 2.24) is 4.57 Å². The molecule has 94 valence electrons. The fourth-order valence-electron chi connectivity index (χ4n) is 2.87. The summed E-state index contributed by atoms with van der Waals surface area (Å²) in [5.41, 5.74) is 6.02. The predicted octanol–water partition coefficient (Wildman–Crippen LogP) is 2.33. The second-order valence-electron chi connectivity index (χ2n) is 4.59. The number of aromatic nitrogens is 1. The molecule has 0 bridgehead atoms. The van der Waals surface area contributed by atoms with Crippen molar-refractivity contribution in [2.45, 2.75) is 26.6 Å². The number of aliphatic hydroxyl groups is 2. The van der Waals surface area contributed by atoms with Crippen molar-refractivity contribution in [3.8, 4) is 5.69 Å². The SMILES string of the molecule is Cc1c(CO)c(CO)c2n1-c1ccc(Cl)cc1C2. The quantitative estimate of drug-likeness (QED) is 0.745. The topological polar surface area (TPSA) is 45.4 Å². The molecule has 0 saturated carbocycles. The van der Waals surface area contributed by atoms with Crippen LogP contribution in [-0.4, -0.2) is 14.8 Å². The molecule has 1 aromatic heterocycles. The normalized spacial score (nSPS) is 12.7. The fourth-order valence-corrected chi connectivity index (χ4v) is 3.06. The minimum absolute atomic E-state index is 0.0371. The van der Waals surface area contributed by atoms with Crippen LogP contribution in [0.1, 0.15) is 28.1 Å². The van der Waals surface area contributed by atoms with Crippen molar-refractivity contribution in [2.24, 2.45) is 0 Å². The van der Waals surface area contributed by atoms with Gasteiger partial charge in [0.2, 0.25) is 0 Å². The third-order valence-corrected chi connectivity index (χ3v) is 3.95. The molecule has 2 heterocycles. The standard InChI is InChI=1S/C14H14ClNO2/c1-8-11(6-17)12(7-18)14-5-9-4-10(15)2-3-13(9)16(8)14/h2-4,17-18H,5-7H2,1H3. The maximum atomic E-state index is 9.51. The largest absolute Gasteiger partial charge is 0.392 e. The average molecular weight is 264 g/mol. The molecule has 2 aromatic rings. The maximum Gasteiger partial charge on any atom is 0.0703 e. The summed E-state index contributed by atoms with van der Waals surface area (Å²) in [4.78, 5) is 0. The summed E-state index contributed by atoms with van der Waals surface area (Å²) in [6.07, 6.45) is 0.757. The number of aliphatic hydroxyl groups excluding tert-OH is 2. The minimum Gasteiger partial charge on any atom is -0.392 e. The van der Waals surface area contributed by atoms with Crippen molar-refractivity contribution in [1.29, 1.82) is 0 Å². The van der Waals surface area contributed by atoms with Gasteiger partial charge in [-0.05, 0) is 30.7 Å². The van der Waals surface area contributed by atoms with Gasteiger partial charge in [-0.3, -0.25) is 0 Å². The van der Waals surface area contributed by atoms with Gasteiger partial charge in [0.25, 0.3) is 0 Å². The zero-order valence-corrected chi connectivity index (χ0v) is 10.8. The monoisotopic (exact) mass is 263 g/mol. The van der Waals surface area contributed by atoms with Gasteiger partial charge in [-0.2, -0.15) is 0 Å². The lowest BCUT2D eigenvalue weighted by atomic mass is 10.0. The molecule has 0 aliphatic carbocycles. The Morgan fingerprint density at radius 1 is 1.22 bits per heavy atom. The summed E-state index contributed by atoms with van der Waals surface area (Å²) < 4.78 is 2.11. The van der Waals surface area contributed by atoms with Gasteiger partial charge < -0.3 is 14.8 Å². The summed E-state index contributed by atoms with van der Waals surface area (Å²) in [6.45, 7) is 1.89. The van der Waals surface area contributed by atoms with E-state index in [0.29, 0.717) is 0 Å². The van der Waals surface area contributed by atoms with Gasteiger partial charge in [0.05, 0.1) is 13.2 Å². The first-order chi connectivity index (χ1) is 8.67. The molecule has 3 nitrogen and oxygen atoms in total. The predicted molar refractivity (Wildman–Crippen MR) is 70.2 cm³/mol. The second kappa shape index (κ2) is 4.12. The van der Waals surface area contributed by atoms with E-state index in [9.17, 15) is 10.2 Å². The van der Waals surface area contributed by atoms with Gasteiger partial charge in [0, 0.05) is 39.6 Å². The van der Waals surface area contributed by atoms with Crippen LogP contribution in [-0.2, 0) is 19.6 Å². The Hall–Kier alpha value is -1.29. The van der Waals surface area contributed by atoms with E-state index < -0.39 is 0 Å². The van der Waals surface area contributed by atoms with E-state index in [1.165, 1.54) is 5.56 Å². The summed E-state index contributed by atoms with van der Waals surface area (Å²) in [6, 6.07) is 5.82. The summed E-state index contributed by atoms with van der Waals surface area (Å²) >= 11 is 6.01. The smallest absolute Gasteiger partial charge is 0.0703 e. The lowest BCUT2D eigenvalue weighted by molar-refractivity contribution is 0.260. The molecule has 1 aromatic carbocycles. The number of hydrogen-bond acceptors (Lipinski definition) is 2. The Balaban J connectivity index is 2.27. The number of fused-ring (bicyclic) bond motifs is 3. The van der Waals surface area contributed by atoms with Crippen LogP contribution in [0, 0.1) is 6.92 Å². The van der Waals surface area contributed by atoms with Gasteiger partial charge in [-0.1, -0.05) is 11.6 Å². The molecule has 3 rings (SSSR count). The van der Waals surface area contributed by atoms with Crippen molar-refractivity contribution >= 4 is 11.6 Å². The zero-order chi connectivity index (χ0) is 12.9. The average Bonchev–Trinajstić information content (AvgIpc) is 2.83. The van der Waals surface area contributed by atoms with Gasteiger partial charge in [-0.15, -0.1) is 0 Å². The molecule has 0 fully saturated rings. The third kappa shape index (κ3) is 1.45. The van der Waals surface area contributed by atoms with Crippen LogP contribution in [0.2, 0.25) is 5.02 Å². The highest BCUT2D eigenvalue weighted by molar-refractivity contribution is 6.30. The Bertz CT molecular complexity index is 631. The Morgan fingerprint density at radius 3 is 2.61 bits per heavy atom. The highest BCUT2D eigenvalue weighted by Crippen LogP contribution is 2.37. The van der Waals surface area contributed by atoms with Crippen LogP contribution in [0.5, 0.6) is 0 Å². The lowest BCUT2D eigenvalue weighted by Gasteiger charge is -2.06. The summed E-state index contributed by atoms with van der Waals surface area (Å²) in [5, 5.41) is 19.7. The van der Waals surface area contributed by atoms with Crippen LogP contribution in [0.25, 0.3) is 5.69 Å². The molecule has 0 spiro atoms. The van der Waals surface area contributed by atoms with E-state index in [1.54, 1.807) is 0 Å². The second-order valence-corrected chi connectivity index (χ2v) is 5.03. The van der Waals surface area contributed by atoms with Crippen molar-refractivity contribution < 1.29 is 10.2 Å². The first-order valence-electron chi connectivity index (χ1n) is 5.89. The number of rotatable bonds is 2. The number of benzene rings is 1.